The molecule has 47 heavy (non-hydrogen) atoms. The number of benzene rings is 4. The molecule has 0 aromatic heterocycles. The molecule has 1 N–H and O–H groups in total. The summed E-state index contributed by atoms with van der Waals surface area (Å²) < 4.78 is 34.7. The van der Waals surface area contributed by atoms with Gasteiger partial charge in [-0.1, -0.05) is 84.2 Å². The van der Waals surface area contributed by atoms with Gasteiger partial charge in [-0.05, 0) is 79.9 Å². The van der Waals surface area contributed by atoms with Crippen molar-refractivity contribution in [3.63, 3.8) is 0 Å². The van der Waals surface area contributed by atoms with E-state index in [1.54, 1.807) is 54.6 Å². The van der Waals surface area contributed by atoms with E-state index in [0.29, 0.717) is 27.8 Å². The number of amides is 2. The lowest BCUT2D eigenvalue weighted by Gasteiger charge is -2.34. The molecule has 4 rings (SSSR count). The zero-order valence-electron chi connectivity index (χ0n) is 26.8. The van der Waals surface area contributed by atoms with Gasteiger partial charge in [0, 0.05) is 29.1 Å². The molecule has 248 valence electrons. The number of carbonyl (C=O) groups excluding carboxylic acids is 2. The Balaban J connectivity index is 1.83. The molecule has 0 aliphatic rings. The molecule has 0 fully saturated rings. The number of nitrogens with zero attached hydrogens (tertiary/aromatic N) is 2. The Morgan fingerprint density at radius 2 is 1.57 bits per heavy atom. The Kier molecular flexibility index (Phi) is 12.3. The second-order valence-electron chi connectivity index (χ2n) is 11.3. The molecule has 0 spiro atoms. The standard InChI is InChI=1S/C36H39Cl2N3O5S/c1-5-26(3)39-36(43)34(21-27-9-7-6-8-10-27)40(23-28-13-14-29(37)22-33(28)38)35(42)24-41(30-15-17-31(46-4)18-16-30)47(44,45)32-19-11-25(2)12-20-32/h6-20,22,26,34H,5,21,23-24H2,1-4H3,(H,39,43)/t26-,34+/m1/s1. The maximum atomic E-state index is 14.6. The minimum Gasteiger partial charge on any atom is -0.497 e. The van der Waals surface area contributed by atoms with Gasteiger partial charge < -0.3 is 15.0 Å². The summed E-state index contributed by atoms with van der Waals surface area (Å²) >= 11 is 12.8. The van der Waals surface area contributed by atoms with E-state index in [4.69, 9.17) is 27.9 Å². The number of ether oxygens (including phenoxy) is 1. The van der Waals surface area contributed by atoms with E-state index in [1.165, 1.54) is 24.1 Å². The first kappa shape index (κ1) is 35.8. The highest BCUT2D eigenvalue weighted by Gasteiger charge is 2.35. The quantitative estimate of drug-likeness (QED) is 0.152. The van der Waals surface area contributed by atoms with Crippen molar-refractivity contribution in [3.05, 3.63) is 124 Å². The zero-order chi connectivity index (χ0) is 34.1. The third-order valence-electron chi connectivity index (χ3n) is 7.88. The Hall–Kier alpha value is -4.05. The predicted molar refractivity (Wildman–Crippen MR) is 188 cm³/mol. The molecule has 0 unspecified atom stereocenters. The summed E-state index contributed by atoms with van der Waals surface area (Å²) in [4.78, 5) is 30.0. The number of anilines is 1. The summed E-state index contributed by atoms with van der Waals surface area (Å²) in [5, 5.41) is 3.75. The van der Waals surface area contributed by atoms with E-state index in [2.05, 4.69) is 5.32 Å². The van der Waals surface area contributed by atoms with Crippen molar-refractivity contribution in [2.45, 2.75) is 57.1 Å². The number of sulfonamides is 1. The van der Waals surface area contributed by atoms with Crippen molar-refractivity contribution >= 4 is 50.7 Å². The lowest BCUT2D eigenvalue weighted by Crippen LogP contribution is -2.54. The minimum absolute atomic E-state index is 0.0226. The highest BCUT2D eigenvalue weighted by molar-refractivity contribution is 7.92. The first-order chi connectivity index (χ1) is 22.4. The minimum atomic E-state index is -4.23. The summed E-state index contributed by atoms with van der Waals surface area (Å²) in [5.41, 5.74) is 2.53. The van der Waals surface area contributed by atoms with Crippen LogP contribution in [0.3, 0.4) is 0 Å². The summed E-state index contributed by atoms with van der Waals surface area (Å²) in [6.07, 6.45) is 0.869. The molecule has 0 aliphatic heterocycles. The van der Waals surface area contributed by atoms with Crippen molar-refractivity contribution in [2.24, 2.45) is 0 Å². The van der Waals surface area contributed by atoms with Gasteiger partial charge in [-0.25, -0.2) is 8.42 Å². The SMILES string of the molecule is CC[C@@H](C)NC(=O)[C@H](Cc1ccccc1)N(Cc1ccc(Cl)cc1Cl)C(=O)CN(c1ccc(OC)cc1)S(=O)(=O)c1ccc(C)cc1. The third-order valence-corrected chi connectivity index (χ3v) is 10.3. The molecular formula is C36H39Cl2N3O5S. The van der Waals surface area contributed by atoms with Gasteiger partial charge >= 0.3 is 0 Å². The Bertz CT molecular complexity index is 1770. The topological polar surface area (TPSA) is 96.0 Å². The van der Waals surface area contributed by atoms with Crippen LogP contribution in [0.4, 0.5) is 5.69 Å². The Morgan fingerprint density at radius 1 is 0.915 bits per heavy atom. The molecule has 0 heterocycles. The molecule has 0 radical (unpaired) electrons. The lowest BCUT2D eigenvalue weighted by molar-refractivity contribution is -0.140. The van der Waals surface area contributed by atoms with Crippen LogP contribution in [0.25, 0.3) is 0 Å². The first-order valence-corrected chi connectivity index (χ1v) is 17.4. The van der Waals surface area contributed by atoms with Gasteiger partial charge in [0.2, 0.25) is 11.8 Å². The van der Waals surface area contributed by atoms with Gasteiger partial charge in [0.05, 0.1) is 17.7 Å². The molecule has 4 aromatic rings. The average molecular weight is 697 g/mol. The second-order valence-corrected chi connectivity index (χ2v) is 14.0. The normalized spacial score (nSPS) is 12.6. The average Bonchev–Trinajstić information content (AvgIpc) is 3.06. The van der Waals surface area contributed by atoms with Gasteiger partial charge in [-0.3, -0.25) is 13.9 Å². The number of hydrogen-bond donors (Lipinski definition) is 1. The molecule has 0 aliphatic carbocycles. The molecule has 0 saturated carbocycles. The van der Waals surface area contributed by atoms with E-state index in [0.717, 1.165) is 15.4 Å². The fraction of sp³-hybridized carbons (Fsp3) is 0.278. The van der Waals surface area contributed by atoms with Crippen LogP contribution in [0, 0.1) is 6.92 Å². The smallest absolute Gasteiger partial charge is 0.264 e. The molecule has 2 amide bonds. The molecule has 4 aromatic carbocycles. The van der Waals surface area contributed by atoms with E-state index in [9.17, 15) is 18.0 Å². The van der Waals surface area contributed by atoms with Crippen molar-refractivity contribution in [2.75, 3.05) is 18.0 Å². The van der Waals surface area contributed by atoms with E-state index < -0.39 is 28.5 Å². The van der Waals surface area contributed by atoms with Gasteiger partial charge in [0.15, 0.2) is 0 Å². The van der Waals surface area contributed by atoms with Crippen LogP contribution in [0.1, 0.15) is 37.0 Å². The summed E-state index contributed by atoms with van der Waals surface area (Å²) in [5.74, 6) is -0.432. The fourth-order valence-electron chi connectivity index (χ4n) is 4.94. The van der Waals surface area contributed by atoms with Crippen LogP contribution in [-0.4, -0.2) is 50.9 Å². The Morgan fingerprint density at radius 3 is 2.17 bits per heavy atom. The number of carbonyl (C=O) groups is 2. The molecule has 2 atom stereocenters. The van der Waals surface area contributed by atoms with Crippen molar-refractivity contribution in [1.82, 2.24) is 10.2 Å². The van der Waals surface area contributed by atoms with Crippen LogP contribution in [-0.2, 0) is 32.6 Å². The van der Waals surface area contributed by atoms with Gasteiger partial charge in [-0.15, -0.1) is 0 Å². The van der Waals surface area contributed by atoms with Crippen LogP contribution in [0.15, 0.2) is 102 Å². The maximum Gasteiger partial charge on any atom is 0.264 e. The number of methoxy groups -OCH3 is 1. The van der Waals surface area contributed by atoms with Gasteiger partial charge in [-0.2, -0.15) is 0 Å². The molecule has 0 bridgehead atoms. The number of hydrogen-bond acceptors (Lipinski definition) is 5. The monoisotopic (exact) mass is 695 g/mol. The lowest BCUT2D eigenvalue weighted by atomic mass is 10.0. The molecule has 0 saturated heterocycles. The number of nitrogens with one attached hydrogen (secondary N) is 1. The number of rotatable bonds is 14. The third kappa shape index (κ3) is 9.28. The molecule has 11 heteroatoms. The fourth-order valence-corrected chi connectivity index (χ4v) is 6.83. The van der Waals surface area contributed by atoms with E-state index >= 15 is 0 Å². The predicted octanol–water partition coefficient (Wildman–Crippen LogP) is 7.06. The van der Waals surface area contributed by atoms with Gasteiger partial charge in [0.1, 0.15) is 18.3 Å². The molecular weight excluding hydrogens is 657 g/mol. The number of halogens is 2. The summed E-state index contributed by atoms with van der Waals surface area (Å²) in [7, 11) is -2.72. The second kappa shape index (κ2) is 16.2. The van der Waals surface area contributed by atoms with Crippen LogP contribution < -0.4 is 14.4 Å². The largest absolute Gasteiger partial charge is 0.497 e. The van der Waals surface area contributed by atoms with Crippen molar-refractivity contribution < 1.29 is 22.7 Å². The van der Waals surface area contributed by atoms with Gasteiger partial charge in [0.25, 0.3) is 10.0 Å². The summed E-state index contributed by atoms with van der Waals surface area (Å²) in [6.45, 7) is 5.05. The van der Waals surface area contributed by atoms with Crippen molar-refractivity contribution in [1.29, 1.82) is 0 Å². The Labute approximate surface area is 287 Å². The zero-order valence-corrected chi connectivity index (χ0v) is 29.1. The van der Waals surface area contributed by atoms with E-state index in [1.807, 2.05) is 51.1 Å². The highest BCUT2D eigenvalue weighted by atomic mass is 35.5. The van der Waals surface area contributed by atoms with E-state index in [-0.39, 0.29) is 35.5 Å². The first-order valence-electron chi connectivity index (χ1n) is 15.2. The van der Waals surface area contributed by atoms with Crippen LogP contribution in [0.5, 0.6) is 5.75 Å². The number of aryl methyl sites for hydroxylation is 1. The van der Waals surface area contributed by atoms with Crippen molar-refractivity contribution in [3.8, 4) is 5.75 Å². The maximum absolute atomic E-state index is 14.6. The summed E-state index contributed by atoms with van der Waals surface area (Å²) in [6, 6.07) is 25.9. The van der Waals surface area contributed by atoms with Crippen LogP contribution >= 0.6 is 23.2 Å². The highest BCUT2D eigenvalue weighted by Crippen LogP contribution is 2.28. The van der Waals surface area contributed by atoms with Crippen LogP contribution in [0.2, 0.25) is 10.0 Å². The molecule has 8 nitrogen and oxygen atoms in total.